The second-order valence-corrected chi connectivity index (χ2v) is 6.48. The number of nitrogens with one attached hydrogen (secondary N) is 1. The summed E-state index contributed by atoms with van der Waals surface area (Å²) in [4.78, 5) is 26.7. The van der Waals surface area contributed by atoms with Gasteiger partial charge < -0.3 is 4.57 Å². The minimum atomic E-state index is -0.153. The number of para-hydroxylation sites is 2. The Morgan fingerprint density at radius 2 is 1.92 bits per heavy atom. The average Bonchev–Trinajstić information content (AvgIpc) is 3.21. The number of aromatic nitrogens is 6. The van der Waals surface area contributed by atoms with Crippen LogP contribution in [0.4, 0.5) is 0 Å². The van der Waals surface area contributed by atoms with Gasteiger partial charge in [0.15, 0.2) is 5.65 Å². The van der Waals surface area contributed by atoms with Gasteiger partial charge in [0.05, 0.1) is 27.7 Å². The number of benzene rings is 1. The Morgan fingerprint density at radius 1 is 1.12 bits per heavy atom. The lowest BCUT2D eigenvalue weighted by Gasteiger charge is -2.10. The smallest absolute Gasteiger partial charge is 0.280 e. The van der Waals surface area contributed by atoms with Gasteiger partial charge >= 0.3 is 0 Å². The summed E-state index contributed by atoms with van der Waals surface area (Å²) < 4.78 is 3.50. The summed E-state index contributed by atoms with van der Waals surface area (Å²) >= 11 is 0. The number of H-pyrrole nitrogens is 1. The summed E-state index contributed by atoms with van der Waals surface area (Å²) in [6, 6.07) is 9.91. The van der Waals surface area contributed by atoms with Crippen molar-refractivity contribution in [1.29, 1.82) is 0 Å². The molecule has 0 aliphatic heterocycles. The number of aryl methyl sites for hydroxylation is 3. The molecule has 0 aliphatic rings. The van der Waals surface area contributed by atoms with Gasteiger partial charge in [-0.25, -0.2) is 9.97 Å². The Labute approximate surface area is 147 Å². The maximum atomic E-state index is 12.9. The van der Waals surface area contributed by atoms with Gasteiger partial charge in [0.1, 0.15) is 12.2 Å². The Bertz CT molecular complexity index is 1390. The third-order valence-electron chi connectivity index (χ3n) is 4.83. The molecular formula is C19H16N6O. The number of fused-ring (bicyclic) bond motifs is 3. The molecule has 26 heavy (non-hydrogen) atoms. The first kappa shape index (κ1) is 14.8. The Kier molecular flexibility index (Phi) is 2.86. The SMILES string of the molecule is Cc1cc2c(-c3nc4ccccc4n3C)c3nc[nH]n3c(=O)c2c(C)n1. The second kappa shape index (κ2) is 5.01. The summed E-state index contributed by atoms with van der Waals surface area (Å²) in [5, 5.41) is 4.32. The van der Waals surface area contributed by atoms with Gasteiger partial charge in [-0.2, -0.15) is 4.52 Å². The molecule has 0 atom stereocenters. The van der Waals surface area contributed by atoms with Crippen molar-refractivity contribution >= 4 is 27.5 Å². The van der Waals surface area contributed by atoms with E-state index in [9.17, 15) is 4.79 Å². The molecule has 128 valence electrons. The summed E-state index contributed by atoms with van der Waals surface area (Å²) in [6.45, 7) is 3.79. The third-order valence-corrected chi connectivity index (χ3v) is 4.83. The van der Waals surface area contributed by atoms with Crippen LogP contribution >= 0.6 is 0 Å². The largest absolute Gasteiger partial charge is 0.327 e. The summed E-state index contributed by atoms with van der Waals surface area (Å²) in [6.07, 6.45) is 1.53. The van der Waals surface area contributed by atoms with E-state index in [4.69, 9.17) is 4.98 Å². The van der Waals surface area contributed by atoms with Gasteiger partial charge in [0.2, 0.25) is 0 Å². The van der Waals surface area contributed by atoms with Crippen LogP contribution in [0, 0.1) is 13.8 Å². The highest BCUT2D eigenvalue weighted by Gasteiger charge is 2.21. The van der Waals surface area contributed by atoms with Crippen LogP contribution in [0.1, 0.15) is 11.4 Å². The zero-order chi connectivity index (χ0) is 18.0. The highest BCUT2D eigenvalue weighted by Crippen LogP contribution is 2.32. The number of pyridine rings is 2. The maximum absolute atomic E-state index is 12.9. The van der Waals surface area contributed by atoms with Crippen molar-refractivity contribution in [2.24, 2.45) is 7.05 Å². The van der Waals surface area contributed by atoms with E-state index < -0.39 is 0 Å². The lowest BCUT2D eigenvalue weighted by atomic mass is 10.0. The number of hydrogen-bond donors (Lipinski definition) is 1. The minimum absolute atomic E-state index is 0.153. The lowest BCUT2D eigenvalue weighted by molar-refractivity contribution is 0.921. The molecule has 0 amide bonds. The summed E-state index contributed by atoms with van der Waals surface area (Å²) in [5.41, 5.74) is 4.72. The zero-order valence-corrected chi connectivity index (χ0v) is 14.6. The molecule has 0 saturated heterocycles. The highest BCUT2D eigenvalue weighted by molar-refractivity contribution is 6.03. The standard InChI is InChI=1S/C19H16N6O/c1-10-8-12-15(11(2)22-10)19(26)25-17(20-9-21-25)16(12)18-23-13-6-4-5-7-14(13)24(18)3/h4-9H,1-3H3,(H,20,21). The molecule has 7 nitrogen and oxygen atoms in total. The Balaban J connectivity index is 2.07. The lowest BCUT2D eigenvalue weighted by Crippen LogP contribution is -2.17. The van der Waals surface area contributed by atoms with Crippen molar-refractivity contribution in [3.05, 3.63) is 58.4 Å². The quantitative estimate of drug-likeness (QED) is 0.507. The van der Waals surface area contributed by atoms with E-state index in [-0.39, 0.29) is 5.56 Å². The molecule has 0 unspecified atom stereocenters. The third kappa shape index (κ3) is 1.82. The zero-order valence-electron chi connectivity index (χ0n) is 14.6. The summed E-state index contributed by atoms with van der Waals surface area (Å²) in [5.74, 6) is 0.769. The van der Waals surface area contributed by atoms with Crippen LogP contribution in [0.3, 0.4) is 0 Å². The van der Waals surface area contributed by atoms with Gasteiger partial charge in [-0.3, -0.25) is 14.9 Å². The van der Waals surface area contributed by atoms with E-state index in [1.165, 1.54) is 10.8 Å². The van der Waals surface area contributed by atoms with Crippen molar-refractivity contribution in [3.63, 3.8) is 0 Å². The fourth-order valence-corrected chi connectivity index (χ4v) is 3.72. The molecule has 5 aromatic rings. The molecule has 0 spiro atoms. The van der Waals surface area contributed by atoms with Crippen LogP contribution in [0.5, 0.6) is 0 Å². The monoisotopic (exact) mass is 344 g/mol. The molecule has 1 aromatic carbocycles. The first-order valence-corrected chi connectivity index (χ1v) is 8.34. The highest BCUT2D eigenvalue weighted by atomic mass is 16.1. The molecule has 0 bridgehead atoms. The summed E-state index contributed by atoms with van der Waals surface area (Å²) in [7, 11) is 1.98. The van der Waals surface area contributed by atoms with Crippen molar-refractivity contribution in [2.45, 2.75) is 13.8 Å². The first-order chi connectivity index (χ1) is 12.6. The topological polar surface area (TPSA) is 80.9 Å². The molecule has 1 N–H and O–H groups in total. The van der Waals surface area contributed by atoms with E-state index in [2.05, 4.69) is 15.1 Å². The van der Waals surface area contributed by atoms with E-state index in [0.717, 1.165) is 33.5 Å². The maximum Gasteiger partial charge on any atom is 0.280 e. The second-order valence-electron chi connectivity index (χ2n) is 6.48. The fourth-order valence-electron chi connectivity index (χ4n) is 3.72. The average molecular weight is 344 g/mol. The van der Waals surface area contributed by atoms with E-state index in [1.54, 1.807) is 0 Å². The molecule has 0 saturated carbocycles. The fraction of sp³-hybridized carbons (Fsp3) is 0.158. The van der Waals surface area contributed by atoms with Gasteiger partial charge in [0.25, 0.3) is 5.56 Å². The van der Waals surface area contributed by atoms with Crippen LogP contribution < -0.4 is 5.56 Å². The van der Waals surface area contributed by atoms with Crippen molar-refractivity contribution < 1.29 is 0 Å². The molecule has 4 heterocycles. The normalized spacial score (nSPS) is 11.8. The Hall–Kier alpha value is -3.48. The molecule has 4 aromatic heterocycles. The number of aromatic amines is 1. The van der Waals surface area contributed by atoms with Crippen molar-refractivity contribution in [3.8, 4) is 11.4 Å². The van der Waals surface area contributed by atoms with Crippen LogP contribution in [-0.4, -0.2) is 29.1 Å². The molecule has 7 heteroatoms. The molecule has 5 rings (SSSR count). The van der Waals surface area contributed by atoms with E-state index in [0.29, 0.717) is 16.7 Å². The van der Waals surface area contributed by atoms with Crippen molar-refractivity contribution in [1.82, 2.24) is 29.1 Å². The molecular weight excluding hydrogens is 328 g/mol. The van der Waals surface area contributed by atoms with Gasteiger partial charge in [-0.15, -0.1) is 0 Å². The van der Waals surface area contributed by atoms with E-state index >= 15 is 0 Å². The van der Waals surface area contributed by atoms with E-state index in [1.807, 2.05) is 55.8 Å². The number of imidazole rings is 1. The van der Waals surface area contributed by atoms with Crippen LogP contribution in [0.2, 0.25) is 0 Å². The predicted octanol–water partition coefficient (Wildman–Crippen LogP) is 2.74. The van der Waals surface area contributed by atoms with Crippen LogP contribution in [-0.2, 0) is 7.05 Å². The van der Waals surface area contributed by atoms with Gasteiger partial charge in [-0.05, 0) is 32.0 Å². The van der Waals surface area contributed by atoms with Crippen LogP contribution in [0.25, 0.3) is 38.8 Å². The minimum Gasteiger partial charge on any atom is -0.327 e. The van der Waals surface area contributed by atoms with Crippen molar-refractivity contribution in [2.75, 3.05) is 0 Å². The van der Waals surface area contributed by atoms with Gasteiger partial charge in [0, 0.05) is 18.1 Å². The first-order valence-electron chi connectivity index (χ1n) is 8.34. The predicted molar refractivity (Wildman–Crippen MR) is 100 cm³/mol. The van der Waals surface area contributed by atoms with Gasteiger partial charge in [-0.1, -0.05) is 12.1 Å². The molecule has 0 fully saturated rings. The molecule has 0 radical (unpaired) electrons. The van der Waals surface area contributed by atoms with Crippen LogP contribution in [0.15, 0.2) is 41.5 Å². The molecule has 0 aliphatic carbocycles. The number of nitrogens with zero attached hydrogens (tertiary/aromatic N) is 5. The number of hydrogen-bond acceptors (Lipinski definition) is 4. The Morgan fingerprint density at radius 3 is 2.73 bits per heavy atom. The number of rotatable bonds is 1.